The van der Waals surface area contributed by atoms with Crippen molar-refractivity contribution < 1.29 is 24.5 Å². The van der Waals surface area contributed by atoms with Crippen molar-refractivity contribution in [3.05, 3.63) is 108 Å². The van der Waals surface area contributed by atoms with Crippen LogP contribution in [0.1, 0.15) is 69.6 Å². The van der Waals surface area contributed by atoms with Gasteiger partial charge in [0, 0.05) is 11.7 Å². The van der Waals surface area contributed by atoms with Crippen molar-refractivity contribution in [3.8, 4) is 11.1 Å². The number of hydrogen-bond acceptors (Lipinski definition) is 6. The Hall–Kier alpha value is -3.39. The third kappa shape index (κ3) is 9.80. The highest BCUT2D eigenvalue weighted by Gasteiger charge is 2.30. The van der Waals surface area contributed by atoms with Gasteiger partial charge in [-0.15, -0.1) is 0 Å². The van der Waals surface area contributed by atoms with Gasteiger partial charge in [0.1, 0.15) is 6.61 Å². The summed E-state index contributed by atoms with van der Waals surface area (Å²) in [7, 11) is 0. The number of aliphatic hydroxyl groups excluding tert-OH is 2. The van der Waals surface area contributed by atoms with Crippen LogP contribution in [0.4, 0.5) is 4.79 Å². The van der Waals surface area contributed by atoms with Crippen LogP contribution in [0.15, 0.2) is 91.0 Å². The molecule has 4 atom stereocenters. The van der Waals surface area contributed by atoms with Crippen LogP contribution in [0.25, 0.3) is 11.1 Å². The Kier molecular flexibility index (Phi) is 12.9. The molecule has 0 bridgehead atoms. The molecule has 6 nitrogen and oxygen atoms in total. The molecule has 45 heavy (non-hydrogen) atoms. The van der Waals surface area contributed by atoms with Crippen LogP contribution < -0.4 is 5.32 Å². The summed E-state index contributed by atoms with van der Waals surface area (Å²) in [5.41, 5.74) is 5.67. The number of thioether (sulfide) groups is 1. The predicted molar refractivity (Wildman–Crippen MR) is 183 cm³/mol. The van der Waals surface area contributed by atoms with Gasteiger partial charge in [-0.3, -0.25) is 4.79 Å². The number of ether oxygens (including phenoxy) is 1. The fourth-order valence-corrected chi connectivity index (χ4v) is 6.94. The largest absolute Gasteiger partial charge is 0.449 e. The number of carbonyl (C=O) groups is 2. The highest BCUT2D eigenvalue weighted by Crippen LogP contribution is 2.44. The van der Waals surface area contributed by atoms with Gasteiger partial charge in [0.25, 0.3) is 0 Å². The Bertz CT molecular complexity index is 1380. The van der Waals surface area contributed by atoms with E-state index >= 15 is 0 Å². The van der Waals surface area contributed by atoms with Gasteiger partial charge >= 0.3 is 6.09 Å². The van der Waals surface area contributed by atoms with E-state index in [0.717, 1.165) is 27.8 Å². The minimum atomic E-state index is -0.964. The number of fused-ring (bicyclic) bond motifs is 3. The van der Waals surface area contributed by atoms with Crippen molar-refractivity contribution >= 4 is 23.0 Å². The van der Waals surface area contributed by atoms with Crippen molar-refractivity contribution in [2.75, 3.05) is 6.61 Å². The Morgan fingerprint density at radius 1 is 0.844 bits per heavy atom. The van der Waals surface area contributed by atoms with Gasteiger partial charge in [-0.25, -0.2) is 4.79 Å². The Morgan fingerprint density at radius 3 is 2.02 bits per heavy atom. The summed E-state index contributed by atoms with van der Waals surface area (Å²) in [6, 6.07) is 25.7. The maximum Gasteiger partial charge on any atom is 0.407 e. The van der Waals surface area contributed by atoms with Crippen LogP contribution in [0.3, 0.4) is 0 Å². The van der Waals surface area contributed by atoms with Crippen molar-refractivity contribution in [3.63, 3.8) is 0 Å². The highest BCUT2D eigenvalue weighted by atomic mass is 32.2. The van der Waals surface area contributed by atoms with Gasteiger partial charge in [0.15, 0.2) is 5.12 Å². The minimum absolute atomic E-state index is 0.0418. The first-order valence-corrected chi connectivity index (χ1v) is 17.0. The topological polar surface area (TPSA) is 95.9 Å². The molecule has 7 heteroatoms. The molecule has 1 amide bonds. The van der Waals surface area contributed by atoms with Crippen LogP contribution in [0, 0.1) is 17.8 Å². The lowest BCUT2D eigenvalue weighted by atomic mass is 9.92. The second-order valence-corrected chi connectivity index (χ2v) is 13.7. The normalized spacial score (nSPS) is 15.5. The number of aliphatic hydroxyl groups is 2. The summed E-state index contributed by atoms with van der Waals surface area (Å²) in [6.07, 6.45) is 2.25. The summed E-state index contributed by atoms with van der Waals surface area (Å²) < 4.78 is 5.74. The van der Waals surface area contributed by atoms with Gasteiger partial charge < -0.3 is 20.3 Å². The third-order valence-corrected chi connectivity index (χ3v) is 9.28. The maximum absolute atomic E-state index is 13.1. The van der Waals surface area contributed by atoms with E-state index in [0.29, 0.717) is 18.6 Å². The van der Waals surface area contributed by atoms with E-state index in [-0.39, 0.29) is 35.9 Å². The Balaban J connectivity index is 1.33. The molecule has 3 N–H and O–H groups in total. The molecule has 240 valence electrons. The van der Waals surface area contributed by atoms with E-state index in [9.17, 15) is 19.8 Å². The van der Waals surface area contributed by atoms with Crippen LogP contribution >= 0.6 is 11.8 Å². The van der Waals surface area contributed by atoms with Gasteiger partial charge in [0.2, 0.25) is 0 Å². The molecular formula is C38H47NO5S. The van der Waals surface area contributed by atoms with Crippen LogP contribution in [0.2, 0.25) is 0 Å². The average molecular weight is 630 g/mol. The van der Waals surface area contributed by atoms with Crippen molar-refractivity contribution in [2.45, 2.75) is 76.9 Å². The molecule has 0 spiro atoms. The molecule has 0 radical (unpaired) electrons. The minimum Gasteiger partial charge on any atom is -0.449 e. The molecule has 0 fully saturated rings. The van der Waals surface area contributed by atoms with Crippen LogP contribution in [-0.4, -0.2) is 46.3 Å². The van der Waals surface area contributed by atoms with Crippen molar-refractivity contribution in [2.24, 2.45) is 17.8 Å². The van der Waals surface area contributed by atoms with E-state index in [2.05, 4.69) is 29.6 Å². The number of alkyl carbamates (subject to hydrolysis) is 1. The fraction of sp³-hybridized carbons (Fsp3) is 0.421. The zero-order valence-corrected chi connectivity index (χ0v) is 27.6. The standard InChI is InChI=1S/C38H47NO5S/c1-25(2)21-32(37(42)45-24-27-13-6-5-7-14-27)35(40)19-12-20-36(41)34(22-26(3)4)39-38(43)44-23-33-30-17-10-8-15-28(30)29-16-9-11-18-31(29)33/h5-19,25-26,32-36,40-41H,20-24H2,1-4H3,(H,39,43)/b19-12-/t32-,34+,35-,36-/m0/s1. The number of carbonyl (C=O) groups excluding carboxylic acids is 2. The molecule has 1 aliphatic carbocycles. The zero-order valence-electron chi connectivity index (χ0n) is 26.8. The van der Waals surface area contributed by atoms with Crippen LogP contribution in [0.5, 0.6) is 0 Å². The first kappa shape index (κ1) is 34.5. The number of amides is 1. The number of nitrogens with one attached hydrogen (secondary N) is 1. The number of hydrogen-bond donors (Lipinski definition) is 3. The fourth-order valence-electron chi connectivity index (χ4n) is 5.99. The SMILES string of the molecule is CC(C)C[C@H](C(=O)SCc1ccccc1)[C@@H](O)/C=C\C[C@H](O)[C@@H](CC(C)C)NC(=O)OCC1c2ccccc2-c2ccccc21. The molecule has 4 rings (SSSR count). The quantitative estimate of drug-likeness (QED) is 0.149. The van der Waals surface area contributed by atoms with E-state index in [4.69, 9.17) is 4.74 Å². The predicted octanol–water partition coefficient (Wildman–Crippen LogP) is 7.73. The molecule has 0 heterocycles. The van der Waals surface area contributed by atoms with Gasteiger partial charge in [-0.05, 0) is 58.9 Å². The Labute approximate surface area is 272 Å². The molecule has 0 saturated heterocycles. The lowest BCUT2D eigenvalue weighted by molar-refractivity contribution is -0.117. The molecule has 0 saturated carbocycles. The summed E-state index contributed by atoms with van der Waals surface area (Å²) in [6.45, 7) is 8.34. The van der Waals surface area contributed by atoms with Crippen molar-refractivity contribution in [1.82, 2.24) is 5.32 Å². The molecular weight excluding hydrogens is 582 g/mol. The van der Waals surface area contributed by atoms with Crippen molar-refractivity contribution in [1.29, 1.82) is 0 Å². The Morgan fingerprint density at radius 2 is 1.42 bits per heavy atom. The van der Waals surface area contributed by atoms with Gasteiger partial charge in [0.05, 0.1) is 24.2 Å². The van der Waals surface area contributed by atoms with E-state index in [1.165, 1.54) is 11.8 Å². The highest BCUT2D eigenvalue weighted by molar-refractivity contribution is 8.13. The maximum atomic E-state index is 13.1. The summed E-state index contributed by atoms with van der Waals surface area (Å²) in [5.74, 6) is 0.428. The van der Waals surface area contributed by atoms with E-state index < -0.39 is 30.3 Å². The van der Waals surface area contributed by atoms with E-state index in [1.807, 2.05) is 82.3 Å². The van der Waals surface area contributed by atoms with Crippen LogP contribution in [-0.2, 0) is 15.3 Å². The summed E-state index contributed by atoms with van der Waals surface area (Å²) in [4.78, 5) is 26.1. The smallest absolute Gasteiger partial charge is 0.407 e. The number of rotatable bonds is 15. The lowest BCUT2D eigenvalue weighted by Crippen LogP contribution is -2.44. The molecule has 0 aromatic heterocycles. The molecule has 1 aliphatic rings. The summed E-state index contributed by atoms with van der Waals surface area (Å²) in [5, 5.41) is 24.9. The molecule has 0 unspecified atom stereocenters. The zero-order chi connectivity index (χ0) is 32.3. The monoisotopic (exact) mass is 629 g/mol. The van der Waals surface area contributed by atoms with E-state index in [1.54, 1.807) is 12.2 Å². The molecule has 3 aromatic carbocycles. The number of benzene rings is 3. The third-order valence-electron chi connectivity index (χ3n) is 8.21. The average Bonchev–Trinajstić information content (AvgIpc) is 3.34. The molecule has 0 aliphatic heterocycles. The second kappa shape index (κ2) is 16.8. The summed E-state index contributed by atoms with van der Waals surface area (Å²) >= 11 is 1.23. The first-order chi connectivity index (χ1) is 21.6. The first-order valence-electron chi connectivity index (χ1n) is 16.0. The molecule has 3 aromatic rings. The second-order valence-electron chi connectivity index (χ2n) is 12.8. The lowest BCUT2D eigenvalue weighted by Gasteiger charge is -2.25. The van der Waals surface area contributed by atoms with Gasteiger partial charge in [-0.1, -0.05) is 130 Å². The van der Waals surface area contributed by atoms with Gasteiger partial charge in [-0.2, -0.15) is 0 Å².